The van der Waals surface area contributed by atoms with E-state index < -0.39 is 5.60 Å². The molecule has 1 heterocycles. The fraction of sp³-hybridized carbons (Fsp3) is 0.786. The molecule has 0 aromatic carbocycles. The molecular formula is C14H24BNO3. The van der Waals surface area contributed by atoms with Gasteiger partial charge in [0, 0.05) is 6.92 Å². The molecule has 19 heavy (non-hydrogen) atoms. The lowest BCUT2D eigenvalue weighted by Crippen LogP contribution is -2.51. The Morgan fingerprint density at radius 3 is 2.74 bits per heavy atom. The Labute approximate surface area is 116 Å². The Morgan fingerprint density at radius 1 is 1.53 bits per heavy atom. The van der Waals surface area contributed by atoms with Gasteiger partial charge in [-0.15, -0.1) is 0 Å². The lowest BCUT2D eigenvalue weighted by atomic mass is 9.60. The average Bonchev–Trinajstić information content (AvgIpc) is 2.63. The van der Waals surface area contributed by atoms with Crippen molar-refractivity contribution < 1.29 is 14.1 Å². The van der Waals surface area contributed by atoms with Gasteiger partial charge in [-0.3, -0.25) is 4.79 Å². The molecule has 0 radical (unpaired) electrons. The smallest absolute Gasteiger partial charge is 0.404 e. The van der Waals surface area contributed by atoms with Gasteiger partial charge in [-0.25, -0.2) is 0 Å². The van der Waals surface area contributed by atoms with Crippen LogP contribution in [0.2, 0.25) is 0 Å². The molecule has 2 rings (SSSR count). The molecule has 1 amide bonds. The highest BCUT2D eigenvalue weighted by Crippen LogP contribution is 2.53. The largest absolute Gasteiger partial charge is 0.478 e. The zero-order chi connectivity index (χ0) is 14.4. The summed E-state index contributed by atoms with van der Waals surface area (Å²) in [5.41, 5.74) is 0.686. The first-order valence-corrected chi connectivity index (χ1v) is 6.95. The minimum atomic E-state index is -0.445. The van der Waals surface area contributed by atoms with Gasteiger partial charge in [0.15, 0.2) is 0 Å². The van der Waals surface area contributed by atoms with E-state index in [0.717, 1.165) is 12.0 Å². The summed E-state index contributed by atoms with van der Waals surface area (Å²) < 4.78 is 12.0. The third-order valence-electron chi connectivity index (χ3n) is 5.00. The predicted octanol–water partition coefficient (Wildman–Crippen LogP) is 1.95. The summed E-state index contributed by atoms with van der Waals surface area (Å²) in [6, 6.07) is 0. The number of rotatable bonds is 2. The van der Waals surface area contributed by atoms with Crippen molar-refractivity contribution in [2.45, 2.75) is 52.7 Å². The zero-order valence-corrected chi connectivity index (χ0v) is 12.6. The van der Waals surface area contributed by atoms with Crippen molar-refractivity contribution in [1.29, 1.82) is 0 Å². The maximum atomic E-state index is 11.0. The lowest BCUT2D eigenvalue weighted by molar-refractivity contribution is -0.118. The van der Waals surface area contributed by atoms with Crippen LogP contribution >= 0.6 is 0 Å². The third kappa shape index (κ3) is 2.34. The first-order chi connectivity index (χ1) is 8.68. The second kappa shape index (κ2) is 4.63. The first-order valence-electron chi connectivity index (χ1n) is 6.95. The highest BCUT2D eigenvalue weighted by molar-refractivity contribution is 6.46. The summed E-state index contributed by atoms with van der Waals surface area (Å²) in [5.74, 6) is 0.431. The van der Waals surface area contributed by atoms with E-state index in [2.05, 4.69) is 39.6 Å². The Morgan fingerprint density at radius 2 is 2.16 bits per heavy atom. The molecule has 1 N–H and O–H groups in total. The van der Waals surface area contributed by atoms with Crippen LogP contribution in [0.15, 0.2) is 12.2 Å². The van der Waals surface area contributed by atoms with E-state index in [-0.39, 0.29) is 24.5 Å². The van der Waals surface area contributed by atoms with Crippen molar-refractivity contribution in [1.82, 2.24) is 5.32 Å². The number of carbonyl (C=O) groups excluding carboxylic acids is 1. The monoisotopic (exact) mass is 265 g/mol. The molecule has 0 aromatic rings. The molecule has 0 aromatic heterocycles. The molecule has 1 saturated carbocycles. The fourth-order valence-electron chi connectivity index (χ4n) is 3.11. The molecule has 2 fully saturated rings. The van der Waals surface area contributed by atoms with Gasteiger partial charge in [-0.1, -0.05) is 27.4 Å². The molecule has 2 aliphatic rings. The summed E-state index contributed by atoms with van der Waals surface area (Å²) in [7, 11) is -0.378. The minimum Gasteiger partial charge on any atom is -0.404 e. The van der Waals surface area contributed by atoms with Gasteiger partial charge in [0.1, 0.15) is 0 Å². The molecule has 0 bridgehead atoms. The van der Waals surface area contributed by atoms with Gasteiger partial charge in [0.2, 0.25) is 5.91 Å². The van der Waals surface area contributed by atoms with E-state index in [1.807, 2.05) is 0 Å². The maximum absolute atomic E-state index is 11.0. The Kier molecular flexibility index (Phi) is 3.56. The molecule has 0 spiro atoms. The molecule has 1 unspecified atom stereocenters. The second-order valence-corrected chi connectivity index (χ2v) is 6.55. The van der Waals surface area contributed by atoms with E-state index in [1.54, 1.807) is 0 Å². The molecule has 3 atom stereocenters. The van der Waals surface area contributed by atoms with E-state index in [4.69, 9.17) is 9.31 Å². The topological polar surface area (TPSA) is 47.6 Å². The Balaban J connectivity index is 2.13. The first kappa shape index (κ1) is 14.6. The number of amides is 1. The van der Waals surface area contributed by atoms with Crippen LogP contribution in [-0.4, -0.2) is 31.2 Å². The highest BCUT2D eigenvalue weighted by atomic mass is 16.7. The normalized spacial score (nSPS) is 37.1. The quantitative estimate of drug-likeness (QED) is 0.613. The number of carbonyl (C=O) groups is 1. The van der Waals surface area contributed by atoms with Crippen molar-refractivity contribution in [2.24, 2.45) is 11.3 Å². The van der Waals surface area contributed by atoms with Crippen LogP contribution in [0, 0.1) is 11.3 Å². The van der Waals surface area contributed by atoms with E-state index in [1.165, 1.54) is 6.92 Å². The summed E-state index contributed by atoms with van der Waals surface area (Å²) in [4.78, 5) is 11.0. The van der Waals surface area contributed by atoms with Crippen molar-refractivity contribution in [2.75, 3.05) is 6.44 Å². The molecule has 5 heteroatoms. The average molecular weight is 265 g/mol. The van der Waals surface area contributed by atoms with Crippen LogP contribution in [0.25, 0.3) is 0 Å². The zero-order valence-electron chi connectivity index (χ0n) is 12.6. The van der Waals surface area contributed by atoms with Crippen molar-refractivity contribution in [3.05, 3.63) is 12.2 Å². The lowest BCUT2D eigenvalue weighted by Gasteiger charge is -2.49. The van der Waals surface area contributed by atoms with Gasteiger partial charge < -0.3 is 14.6 Å². The van der Waals surface area contributed by atoms with E-state index in [9.17, 15) is 4.79 Å². The molecule has 1 aliphatic carbocycles. The number of fused-ring (bicyclic) bond motifs is 1. The molecule has 1 saturated heterocycles. The van der Waals surface area contributed by atoms with Crippen LogP contribution in [0.4, 0.5) is 0 Å². The summed E-state index contributed by atoms with van der Waals surface area (Å²) in [5, 5.41) is 2.74. The van der Waals surface area contributed by atoms with Crippen molar-refractivity contribution >= 4 is 13.0 Å². The van der Waals surface area contributed by atoms with Crippen LogP contribution < -0.4 is 5.32 Å². The second-order valence-electron chi connectivity index (χ2n) is 6.55. The van der Waals surface area contributed by atoms with Crippen molar-refractivity contribution in [3.63, 3.8) is 0 Å². The standard InChI is InChI=1S/C14H24BNO3/c1-9-7-12-14(6,10(2)13(9,4)5)19-15(18-12)8-16-11(3)17/h9,12H,2,7-8H2,1,3-6H3,(H,16,17)/t9?,12-,14+/m1/s1. The highest BCUT2D eigenvalue weighted by Gasteiger charge is 2.57. The van der Waals surface area contributed by atoms with Gasteiger partial charge in [0.05, 0.1) is 18.1 Å². The Bertz CT molecular complexity index is 409. The van der Waals surface area contributed by atoms with Gasteiger partial charge in [-0.05, 0) is 30.3 Å². The van der Waals surface area contributed by atoms with Gasteiger partial charge >= 0.3 is 7.12 Å². The third-order valence-corrected chi connectivity index (χ3v) is 5.00. The molecule has 106 valence electrons. The van der Waals surface area contributed by atoms with Crippen LogP contribution in [0.1, 0.15) is 41.0 Å². The summed E-state index contributed by atoms with van der Waals surface area (Å²) in [6.45, 7) is 14.5. The van der Waals surface area contributed by atoms with Crippen LogP contribution in [0.5, 0.6) is 0 Å². The van der Waals surface area contributed by atoms with E-state index in [0.29, 0.717) is 12.4 Å². The number of nitrogens with one attached hydrogen (secondary N) is 1. The van der Waals surface area contributed by atoms with Crippen LogP contribution in [-0.2, 0) is 14.1 Å². The van der Waals surface area contributed by atoms with Crippen molar-refractivity contribution in [3.8, 4) is 0 Å². The van der Waals surface area contributed by atoms with Gasteiger partial charge in [-0.2, -0.15) is 0 Å². The number of hydrogen-bond donors (Lipinski definition) is 1. The Hall–Kier alpha value is -0.805. The van der Waals surface area contributed by atoms with Crippen LogP contribution in [0.3, 0.4) is 0 Å². The summed E-state index contributed by atoms with van der Waals surface area (Å²) >= 11 is 0. The predicted molar refractivity (Wildman–Crippen MR) is 75.5 cm³/mol. The molecular weight excluding hydrogens is 241 g/mol. The van der Waals surface area contributed by atoms with E-state index >= 15 is 0 Å². The maximum Gasteiger partial charge on any atom is 0.478 e. The SMILES string of the molecule is C=C1C(C)(C)C(C)C[C@H]2OB(CNC(C)=O)O[C@@]12C. The molecule has 4 nitrogen and oxygen atoms in total. The minimum absolute atomic E-state index is 0.0294. The summed E-state index contributed by atoms with van der Waals surface area (Å²) in [6.07, 6.45) is 1.38. The fourth-order valence-corrected chi connectivity index (χ4v) is 3.11. The number of hydrogen-bond acceptors (Lipinski definition) is 3. The molecule has 1 aliphatic heterocycles. The van der Waals surface area contributed by atoms with Gasteiger partial charge in [0.25, 0.3) is 0 Å².